The molecule has 3 N–H and O–H groups in total. The van der Waals surface area contributed by atoms with Crippen LogP contribution in [0.25, 0.3) is 11.0 Å². The number of hydrogen-bond acceptors (Lipinski definition) is 9. The number of amides is 1. The summed E-state index contributed by atoms with van der Waals surface area (Å²) in [7, 11) is 1.61. The summed E-state index contributed by atoms with van der Waals surface area (Å²) in [6.07, 6.45) is 5.25. The Bertz CT molecular complexity index is 1270. The fraction of sp³-hybridized carbons (Fsp3) is 0.467. The lowest BCUT2D eigenvalue weighted by Crippen LogP contribution is -2.45. The van der Waals surface area contributed by atoms with E-state index in [0.717, 1.165) is 29.2 Å². The maximum absolute atomic E-state index is 12.6. The number of methoxy groups -OCH3 is 1. The van der Waals surface area contributed by atoms with E-state index < -0.39 is 11.9 Å². The molecule has 3 unspecified atom stereocenters. The first-order valence-corrected chi connectivity index (χ1v) is 13.9. The molecular formula is C30H40ClN3O7. The van der Waals surface area contributed by atoms with Crippen LogP contribution in [0.5, 0.6) is 11.5 Å². The fourth-order valence-electron chi connectivity index (χ4n) is 3.97. The summed E-state index contributed by atoms with van der Waals surface area (Å²) in [4.78, 5) is 40.3. The Morgan fingerprint density at radius 2 is 2.05 bits per heavy atom. The highest BCUT2D eigenvalue weighted by atomic mass is 35.5. The molecule has 1 amide bonds. The highest BCUT2D eigenvalue weighted by Gasteiger charge is 2.35. The number of fused-ring (bicyclic) bond motifs is 3. The Balaban J connectivity index is 0.000000257. The molecule has 0 bridgehead atoms. The molecule has 0 saturated heterocycles. The fourth-order valence-corrected chi connectivity index (χ4v) is 4.15. The number of rotatable bonds is 9. The third-order valence-electron chi connectivity index (χ3n) is 6.51. The highest BCUT2D eigenvalue weighted by Crippen LogP contribution is 2.37. The Hall–Kier alpha value is -3.47. The van der Waals surface area contributed by atoms with Gasteiger partial charge in [0.25, 0.3) is 5.91 Å². The molecule has 0 spiro atoms. The Morgan fingerprint density at radius 1 is 1.32 bits per heavy atom. The molecule has 0 radical (unpaired) electrons. The van der Waals surface area contributed by atoms with Crippen molar-refractivity contribution in [1.29, 1.82) is 0 Å². The summed E-state index contributed by atoms with van der Waals surface area (Å²) >= 11 is 5.96. The number of nitrogens with zero attached hydrogens (tertiary/aromatic N) is 2. The molecule has 3 atom stereocenters. The molecule has 11 heteroatoms. The molecule has 2 aromatic heterocycles. The number of hydrogen-bond donors (Lipinski definition) is 2. The van der Waals surface area contributed by atoms with Crippen LogP contribution in [0.3, 0.4) is 0 Å². The van der Waals surface area contributed by atoms with Gasteiger partial charge in [0.2, 0.25) is 5.76 Å². The van der Waals surface area contributed by atoms with E-state index in [4.69, 9.17) is 36.3 Å². The predicted molar refractivity (Wildman–Crippen MR) is 157 cm³/mol. The molecule has 10 nitrogen and oxygen atoms in total. The zero-order valence-electron chi connectivity index (χ0n) is 24.3. The van der Waals surface area contributed by atoms with Gasteiger partial charge in [-0.25, -0.2) is 0 Å². The first-order valence-electron chi connectivity index (χ1n) is 13.6. The predicted octanol–water partition coefficient (Wildman–Crippen LogP) is 4.82. The van der Waals surface area contributed by atoms with Gasteiger partial charge in [-0.2, -0.15) is 0 Å². The number of nitrogens with two attached hydrogens (primary N) is 1. The number of carbonyl (C=O) groups excluding carboxylic acids is 3. The standard InChI is InChI=1S/C15H12ClNO5.C8H18O.C7H10N2O/c1-8(19)5-17-10(6-18)7-21-13-11-4-9(16)2-3-12(11)22-14(13)15(17)20;1-4-7(3)6-8(9)5-2;1-10-7-3-2-4-9-6(7)5-8/h2-4,6,10H,5,7H2,1H3;7-9H,4-6H2,1-3H3;2-4H,5,8H2,1H3. The van der Waals surface area contributed by atoms with Crippen molar-refractivity contribution in [3.05, 3.63) is 53.0 Å². The van der Waals surface area contributed by atoms with Crippen LogP contribution < -0.4 is 15.2 Å². The number of aldehydes is 1. The van der Waals surface area contributed by atoms with E-state index >= 15 is 0 Å². The van der Waals surface area contributed by atoms with E-state index in [-0.39, 0.29) is 36.5 Å². The molecule has 1 aromatic carbocycles. The third kappa shape index (κ3) is 9.55. The second-order valence-corrected chi connectivity index (χ2v) is 10.2. The molecular weight excluding hydrogens is 550 g/mol. The van der Waals surface area contributed by atoms with Gasteiger partial charge >= 0.3 is 0 Å². The van der Waals surface area contributed by atoms with Crippen LogP contribution in [0.1, 0.15) is 63.2 Å². The van der Waals surface area contributed by atoms with Crippen molar-refractivity contribution in [3.63, 3.8) is 0 Å². The summed E-state index contributed by atoms with van der Waals surface area (Å²) in [6.45, 7) is 7.91. The van der Waals surface area contributed by atoms with Crippen LogP contribution in [0, 0.1) is 5.92 Å². The molecule has 3 heterocycles. The summed E-state index contributed by atoms with van der Waals surface area (Å²) in [5, 5.41) is 10.2. The Morgan fingerprint density at radius 3 is 2.61 bits per heavy atom. The maximum atomic E-state index is 12.6. The minimum atomic E-state index is -0.840. The van der Waals surface area contributed by atoms with Crippen LogP contribution in [-0.2, 0) is 16.1 Å². The zero-order valence-corrected chi connectivity index (χ0v) is 25.0. The van der Waals surface area contributed by atoms with E-state index in [0.29, 0.717) is 34.7 Å². The van der Waals surface area contributed by atoms with Gasteiger partial charge in [-0.05, 0) is 56.0 Å². The lowest BCUT2D eigenvalue weighted by atomic mass is 10.00. The zero-order chi connectivity index (χ0) is 30.5. The van der Waals surface area contributed by atoms with Crippen LogP contribution in [0.15, 0.2) is 40.9 Å². The topological polar surface area (TPSA) is 145 Å². The largest absolute Gasteiger partial charge is 0.495 e. The SMILES string of the molecule is CC(=O)CN1C(=O)c2oc3ccc(Cl)cc3c2OCC1C=O.CCC(C)CC(O)CC.COc1cccnc1CN. The number of benzene rings is 1. The maximum Gasteiger partial charge on any atom is 0.294 e. The molecule has 0 aliphatic carbocycles. The summed E-state index contributed by atoms with van der Waals surface area (Å²) in [6, 6.07) is 7.72. The van der Waals surface area contributed by atoms with E-state index in [2.05, 4.69) is 18.8 Å². The number of ketones is 1. The average Bonchev–Trinajstić information content (AvgIpc) is 3.28. The molecule has 1 aliphatic heterocycles. The number of halogens is 1. The summed E-state index contributed by atoms with van der Waals surface area (Å²) in [5.74, 6) is 0.878. The van der Waals surface area contributed by atoms with Gasteiger partial charge in [0.1, 0.15) is 36.1 Å². The monoisotopic (exact) mass is 589 g/mol. The van der Waals surface area contributed by atoms with Crippen molar-refractivity contribution in [2.24, 2.45) is 11.7 Å². The minimum absolute atomic E-state index is 0.0251. The normalized spacial score (nSPS) is 15.7. The van der Waals surface area contributed by atoms with Gasteiger partial charge in [-0.3, -0.25) is 14.6 Å². The molecule has 3 aromatic rings. The lowest BCUT2D eigenvalue weighted by Gasteiger charge is -2.23. The summed E-state index contributed by atoms with van der Waals surface area (Å²) in [5.41, 5.74) is 6.63. The van der Waals surface area contributed by atoms with Gasteiger partial charge in [0, 0.05) is 17.8 Å². The molecule has 224 valence electrons. The van der Waals surface area contributed by atoms with Gasteiger partial charge in [-0.15, -0.1) is 0 Å². The molecule has 1 aliphatic rings. The van der Waals surface area contributed by atoms with E-state index in [1.165, 1.54) is 13.3 Å². The quantitative estimate of drug-likeness (QED) is 0.335. The first-order chi connectivity index (χ1) is 19.6. The second kappa shape index (κ2) is 16.7. The lowest BCUT2D eigenvalue weighted by molar-refractivity contribution is -0.119. The third-order valence-corrected chi connectivity index (χ3v) is 6.75. The van der Waals surface area contributed by atoms with Crippen molar-refractivity contribution in [1.82, 2.24) is 9.88 Å². The van der Waals surface area contributed by atoms with Crippen LogP contribution in [-0.4, -0.2) is 65.4 Å². The molecule has 0 saturated carbocycles. The van der Waals surface area contributed by atoms with Crippen molar-refractivity contribution in [2.75, 3.05) is 20.3 Å². The summed E-state index contributed by atoms with van der Waals surface area (Å²) < 4.78 is 16.1. The van der Waals surface area contributed by atoms with Gasteiger partial charge in [0.15, 0.2) is 5.75 Å². The number of aromatic nitrogens is 1. The number of ether oxygens (including phenoxy) is 2. The Kier molecular flexibility index (Phi) is 13.8. The van der Waals surface area contributed by atoms with Crippen molar-refractivity contribution < 1.29 is 33.4 Å². The number of aliphatic hydroxyl groups is 1. The van der Waals surface area contributed by atoms with Crippen molar-refractivity contribution in [3.8, 4) is 11.5 Å². The molecule has 41 heavy (non-hydrogen) atoms. The number of Topliss-reactive ketones (excluding diaryl/α,β-unsaturated/α-hetero) is 1. The van der Waals surface area contributed by atoms with Crippen molar-refractivity contribution in [2.45, 2.75) is 65.6 Å². The van der Waals surface area contributed by atoms with Crippen LogP contribution in [0.4, 0.5) is 0 Å². The van der Waals surface area contributed by atoms with Crippen LogP contribution >= 0.6 is 11.6 Å². The first kappa shape index (κ1) is 33.7. The van der Waals surface area contributed by atoms with Gasteiger partial charge < -0.3 is 34.4 Å². The van der Waals surface area contributed by atoms with Gasteiger partial charge in [-0.1, -0.05) is 38.8 Å². The minimum Gasteiger partial charge on any atom is -0.495 e. The number of carbonyl (C=O) groups is 3. The molecule has 0 fully saturated rings. The van der Waals surface area contributed by atoms with E-state index in [1.54, 1.807) is 31.5 Å². The number of pyridine rings is 1. The Labute approximate surface area is 245 Å². The average molecular weight is 590 g/mol. The van der Waals surface area contributed by atoms with Crippen molar-refractivity contribution >= 4 is 40.5 Å². The van der Waals surface area contributed by atoms with E-state index in [1.807, 2.05) is 19.1 Å². The highest BCUT2D eigenvalue weighted by molar-refractivity contribution is 6.31. The number of furan rings is 1. The second-order valence-electron chi connectivity index (χ2n) is 9.72. The molecule has 4 rings (SSSR count). The van der Waals surface area contributed by atoms with Gasteiger partial charge in [0.05, 0.1) is 30.8 Å². The smallest absolute Gasteiger partial charge is 0.294 e. The van der Waals surface area contributed by atoms with E-state index in [9.17, 15) is 14.4 Å². The van der Waals surface area contributed by atoms with Crippen LogP contribution in [0.2, 0.25) is 5.02 Å². The number of aliphatic hydroxyl groups excluding tert-OH is 1.